The van der Waals surface area contributed by atoms with Crippen molar-refractivity contribution in [2.24, 2.45) is 0 Å². The number of likely N-dealkylation sites (N-methyl/N-ethyl adjacent to an activating group) is 1. The van der Waals surface area contributed by atoms with E-state index in [0.29, 0.717) is 11.3 Å². The van der Waals surface area contributed by atoms with Crippen molar-refractivity contribution in [2.75, 3.05) is 7.05 Å². The Bertz CT molecular complexity index is 499. The maximum absolute atomic E-state index is 11.4. The number of carbonyl (C=O) groups excluding carboxylic acids is 1. The van der Waals surface area contributed by atoms with E-state index in [1.165, 1.54) is 13.1 Å². The van der Waals surface area contributed by atoms with Crippen LogP contribution in [0.1, 0.15) is 19.4 Å². The fourth-order valence-corrected chi connectivity index (χ4v) is 1.40. The van der Waals surface area contributed by atoms with E-state index in [1.54, 1.807) is 6.07 Å². The van der Waals surface area contributed by atoms with Gasteiger partial charge in [0.1, 0.15) is 17.4 Å². The van der Waals surface area contributed by atoms with Gasteiger partial charge >= 0.3 is 0 Å². The lowest BCUT2D eigenvalue weighted by atomic mass is 10.1. The van der Waals surface area contributed by atoms with Gasteiger partial charge in [-0.1, -0.05) is 18.2 Å². The number of rotatable bonds is 4. The van der Waals surface area contributed by atoms with Crippen molar-refractivity contribution in [3.63, 3.8) is 0 Å². The van der Waals surface area contributed by atoms with Gasteiger partial charge in [0.2, 0.25) is 0 Å². The molecule has 0 fully saturated rings. The highest BCUT2D eigenvalue weighted by Crippen LogP contribution is 2.22. The molecule has 0 saturated heterocycles. The number of para-hydroxylation sites is 1. The maximum Gasteiger partial charge on any atom is 0.261 e. The zero-order valence-corrected chi connectivity index (χ0v) is 10.7. The van der Waals surface area contributed by atoms with Crippen molar-refractivity contribution in [3.05, 3.63) is 35.4 Å². The molecule has 4 nitrogen and oxygen atoms in total. The van der Waals surface area contributed by atoms with E-state index in [1.807, 2.05) is 38.1 Å². The second-order valence-electron chi connectivity index (χ2n) is 3.95. The van der Waals surface area contributed by atoms with Crippen LogP contribution in [0.15, 0.2) is 29.8 Å². The molecule has 4 heteroatoms. The number of nitrogens with zero attached hydrogens (tertiary/aromatic N) is 1. The molecular formula is C14H16N2O2. The van der Waals surface area contributed by atoms with Gasteiger partial charge < -0.3 is 10.1 Å². The molecule has 1 aromatic rings. The summed E-state index contributed by atoms with van der Waals surface area (Å²) in [5.41, 5.74) is 0.767. The highest BCUT2D eigenvalue weighted by Gasteiger charge is 2.09. The predicted octanol–water partition coefficient (Wildman–Crippen LogP) is 2.13. The molecule has 0 unspecified atom stereocenters. The average molecular weight is 244 g/mol. The zero-order valence-electron chi connectivity index (χ0n) is 10.7. The van der Waals surface area contributed by atoms with Gasteiger partial charge in [0.25, 0.3) is 5.91 Å². The molecule has 0 atom stereocenters. The van der Waals surface area contributed by atoms with Crippen molar-refractivity contribution in [1.29, 1.82) is 5.26 Å². The van der Waals surface area contributed by atoms with E-state index in [-0.39, 0.29) is 11.7 Å². The SMILES string of the molecule is CNC(=O)/C(C#N)=C/c1ccccc1OC(C)C. The van der Waals surface area contributed by atoms with Gasteiger partial charge in [0, 0.05) is 12.6 Å². The molecule has 0 aliphatic rings. The van der Waals surface area contributed by atoms with E-state index in [0.717, 1.165) is 0 Å². The normalized spacial score (nSPS) is 10.9. The third-order valence-corrected chi connectivity index (χ3v) is 2.17. The van der Waals surface area contributed by atoms with Gasteiger partial charge in [-0.25, -0.2) is 0 Å². The number of nitriles is 1. The quantitative estimate of drug-likeness (QED) is 0.652. The van der Waals surface area contributed by atoms with Crippen LogP contribution in [0.25, 0.3) is 6.08 Å². The summed E-state index contributed by atoms with van der Waals surface area (Å²) in [4.78, 5) is 11.4. The monoisotopic (exact) mass is 244 g/mol. The number of ether oxygens (including phenoxy) is 1. The first kappa shape index (κ1) is 13.8. The Kier molecular flexibility index (Phi) is 4.94. The van der Waals surface area contributed by atoms with Crippen molar-refractivity contribution in [3.8, 4) is 11.8 Å². The van der Waals surface area contributed by atoms with E-state index >= 15 is 0 Å². The number of hydrogen-bond donors (Lipinski definition) is 1. The third kappa shape index (κ3) is 3.63. The fourth-order valence-electron chi connectivity index (χ4n) is 1.40. The number of amides is 1. The molecule has 0 bridgehead atoms. The van der Waals surface area contributed by atoms with Crippen LogP contribution in [0, 0.1) is 11.3 Å². The maximum atomic E-state index is 11.4. The summed E-state index contributed by atoms with van der Waals surface area (Å²) in [6, 6.07) is 9.17. The van der Waals surface area contributed by atoms with Gasteiger partial charge in [-0.3, -0.25) is 4.79 Å². The first-order valence-corrected chi connectivity index (χ1v) is 5.68. The van der Waals surface area contributed by atoms with Crippen LogP contribution in [0.5, 0.6) is 5.75 Å². The summed E-state index contributed by atoms with van der Waals surface area (Å²) >= 11 is 0. The predicted molar refractivity (Wildman–Crippen MR) is 69.9 cm³/mol. The summed E-state index contributed by atoms with van der Waals surface area (Å²) in [5, 5.41) is 11.4. The Labute approximate surface area is 107 Å². The van der Waals surface area contributed by atoms with Gasteiger partial charge in [0.05, 0.1) is 6.10 Å². The van der Waals surface area contributed by atoms with Crippen molar-refractivity contribution in [1.82, 2.24) is 5.32 Å². The van der Waals surface area contributed by atoms with Crippen LogP contribution in [0.4, 0.5) is 0 Å². The molecule has 0 spiro atoms. The van der Waals surface area contributed by atoms with E-state index < -0.39 is 5.91 Å². The lowest BCUT2D eigenvalue weighted by Crippen LogP contribution is -2.19. The smallest absolute Gasteiger partial charge is 0.261 e. The minimum atomic E-state index is -0.406. The molecule has 18 heavy (non-hydrogen) atoms. The lowest BCUT2D eigenvalue weighted by molar-refractivity contribution is -0.116. The van der Waals surface area contributed by atoms with Crippen molar-refractivity contribution < 1.29 is 9.53 Å². The third-order valence-electron chi connectivity index (χ3n) is 2.17. The van der Waals surface area contributed by atoms with Gasteiger partial charge in [0.15, 0.2) is 0 Å². The fraction of sp³-hybridized carbons (Fsp3) is 0.286. The van der Waals surface area contributed by atoms with Crippen LogP contribution in [-0.4, -0.2) is 19.1 Å². The van der Waals surface area contributed by atoms with E-state index in [2.05, 4.69) is 5.32 Å². The summed E-state index contributed by atoms with van der Waals surface area (Å²) in [6.07, 6.45) is 1.56. The van der Waals surface area contributed by atoms with Crippen LogP contribution in [0.3, 0.4) is 0 Å². The Morgan fingerprint density at radius 1 is 1.44 bits per heavy atom. The Morgan fingerprint density at radius 3 is 2.67 bits per heavy atom. The Balaban J connectivity index is 3.13. The Morgan fingerprint density at radius 2 is 2.11 bits per heavy atom. The first-order valence-electron chi connectivity index (χ1n) is 5.68. The average Bonchev–Trinajstić information content (AvgIpc) is 2.36. The van der Waals surface area contributed by atoms with E-state index in [9.17, 15) is 4.79 Å². The number of nitrogens with one attached hydrogen (secondary N) is 1. The molecule has 1 rings (SSSR count). The molecule has 0 aromatic heterocycles. The van der Waals surface area contributed by atoms with Gasteiger partial charge in [-0.05, 0) is 26.0 Å². The number of benzene rings is 1. The number of carbonyl (C=O) groups is 1. The number of hydrogen-bond acceptors (Lipinski definition) is 3. The molecular weight excluding hydrogens is 228 g/mol. The molecule has 0 saturated carbocycles. The molecule has 1 N–H and O–H groups in total. The molecule has 0 radical (unpaired) electrons. The standard InChI is InChI=1S/C14H16N2O2/c1-10(2)18-13-7-5-4-6-11(13)8-12(9-15)14(17)16-3/h4-8,10H,1-3H3,(H,16,17)/b12-8+. The minimum absolute atomic E-state index is 0.0325. The summed E-state index contributed by atoms with van der Waals surface area (Å²) < 4.78 is 5.62. The molecule has 94 valence electrons. The van der Waals surface area contributed by atoms with Gasteiger partial charge in [-0.2, -0.15) is 5.26 Å². The van der Waals surface area contributed by atoms with E-state index in [4.69, 9.17) is 10.00 Å². The second kappa shape index (κ2) is 6.45. The van der Waals surface area contributed by atoms with Gasteiger partial charge in [-0.15, -0.1) is 0 Å². The molecule has 0 aliphatic carbocycles. The van der Waals surface area contributed by atoms with Crippen molar-refractivity contribution in [2.45, 2.75) is 20.0 Å². The van der Waals surface area contributed by atoms with Crippen LogP contribution in [-0.2, 0) is 4.79 Å². The lowest BCUT2D eigenvalue weighted by Gasteiger charge is -2.12. The highest BCUT2D eigenvalue weighted by atomic mass is 16.5. The summed E-state index contributed by atoms with van der Waals surface area (Å²) in [5.74, 6) is 0.251. The molecule has 0 aliphatic heterocycles. The molecule has 1 amide bonds. The summed E-state index contributed by atoms with van der Waals surface area (Å²) in [6.45, 7) is 3.84. The zero-order chi connectivity index (χ0) is 13.5. The minimum Gasteiger partial charge on any atom is -0.490 e. The second-order valence-corrected chi connectivity index (χ2v) is 3.95. The Hall–Kier alpha value is -2.28. The van der Waals surface area contributed by atoms with Crippen LogP contribution in [0.2, 0.25) is 0 Å². The topological polar surface area (TPSA) is 62.1 Å². The van der Waals surface area contributed by atoms with Crippen LogP contribution >= 0.6 is 0 Å². The largest absolute Gasteiger partial charge is 0.490 e. The first-order chi connectivity index (χ1) is 8.58. The van der Waals surface area contributed by atoms with Crippen LogP contribution < -0.4 is 10.1 Å². The van der Waals surface area contributed by atoms with Crippen molar-refractivity contribution >= 4 is 12.0 Å². The molecule has 1 aromatic carbocycles. The highest BCUT2D eigenvalue weighted by molar-refractivity contribution is 6.01. The molecule has 0 heterocycles. The summed E-state index contributed by atoms with van der Waals surface area (Å²) in [7, 11) is 1.49.